The van der Waals surface area contributed by atoms with Crippen molar-refractivity contribution in [3.63, 3.8) is 0 Å². The minimum atomic E-state index is -0.158. The van der Waals surface area contributed by atoms with Gasteiger partial charge in [0.1, 0.15) is 0 Å². The second-order valence-corrected chi connectivity index (χ2v) is 5.72. The van der Waals surface area contributed by atoms with Crippen LogP contribution in [0.5, 0.6) is 0 Å². The number of ether oxygens (including phenoxy) is 1. The Kier molecular flexibility index (Phi) is 6.31. The Bertz CT molecular complexity index is 571. The molecule has 6 heteroatoms. The van der Waals surface area contributed by atoms with E-state index in [0.717, 1.165) is 18.7 Å². The molecule has 1 aromatic rings. The molecule has 1 aliphatic heterocycles. The summed E-state index contributed by atoms with van der Waals surface area (Å²) >= 11 is 0. The van der Waals surface area contributed by atoms with Crippen molar-refractivity contribution >= 4 is 23.2 Å². The van der Waals surface area contributed by atoms with Crippen LogP contribution in [-0.4, -0.2) is 49.6 Å². The summed E-state index contributed by atoms with van der Waals surface area (Å²) in [7, 11) is 0. The minimum absolute atomic E-state index is 0.0479. The highest BCUT2D eigenvalue weighted by atomic mass is 16.5. The van der Waals surface area contributed by atoms with Gasteiger partial charge < -0.3 is 15.4 Å². The Hall–Kier alpha value is -2.18. The molecule has 0 aromatic heterocycles. The van der Waals surface area contributed by atoms with E-state index in [1.54, 1.807) is 24.3 Å². The number of anilines is 2. The second kappa shape index (κ2) is 8.45. The third kappa shape index (κ3) is 6.22. The second-order valence-electron chi connectivity index (χ2n) is 5.72. The van der Waals surface area contributed by atoms with Gasteiger partial charge in [0.15, 0.2) is 0 Å². The van der Waals surface area contributed by atoms with E-state index >= 15 is 0 Å². The zero-order valence-electron chi connectivity index (χ0n) is 13.6. The van der Waals surface area contributed by atoms with E-state index in [0.29, 0.717) is 31.1 Å². The smallest absolute Gasteiger partial charge is 0.248 e. The van der Waals surface area contributed by atoms with E-state index < -0.39 is 0 Å². The van der Waals surface area contributed by atoms with Crippen LogP contribution in [-0.2, 0) is 14.3 Å². The van der Waals surface area contributed by atoms with Gasteiger partial charge in [-0.3, -0.25) is 14.5 Å². The van der Waals surface area contributed by atoms with Crippen molar-refractivity contribution in [1.29, 1.82) is 0 Å². The third-order valence-corrected chi connectivity index (χ3v) is 3.33. The molecular formula is C17H23N3O3. The normalized spacial score (nSPS) is 14.9. The maximum absolute atomic E-state index is 12.0. The molecule has 1 saturated heterocycles. The average molecular weight is 317 g/mol. The standard InChI is InChI=1S/C17H23N3O3/c1-13(2)11-16(21)18-14-3-5-15(6-4-14)19-17(22)12-20-7-9-23-10-8-20/h3-6,11H,7-10,12H2,1-2H3,(H,18,21)(H,19,22). The summed E-state index contributed by atoms with van der Waals surface area (Å²) in [5.41, 5.74) is 2.34. The van der Waals surface area contributed by atoms with Crippen LogP contribution in [0.3, 0.4) is 0 Å². The molecule has 0 spiro atoms. The lowest BCUT2D eigenvalue weighted by molar-refractivity contribution is -0.118. The van der Waals surface area contributed by atoms with Crippen molar-refractivity contribution in [1.82, 2.24) is 4.90 Å². The molecular weight excluding hydrogens is 294 g/mol. The number of allylic oxidation sites excluding steroid dienone is 1. The number of hydrogen-bond acceptors (Lipinski definition) is 4. The number of hydrogen-bond donors (Lipinski definition) is 2. The van der Waals surface area contributed by atoms with Gasteiger partial charge in [-0.15, -0.1) is 0 Å². The van der Waals surface area contributed by atoms with Crippen molar-refractivity contribution < 1.29 is 14.3 Å². The summed E-state index contributed by atoms with van der Waals surface area (Å²) in [6.45, 7) is 7.01. The van der Waals surface area contributed by atoms with Crippen molar-refractivity contribution in [3.8, 4) is 0 Å². The van der Waals surface area contributed by atoms with Crippen LogP contribution < -0.4 is 10.6 Å². The molecule has 0 atom stereocenters. The SMILES string of the molecule is CC(C)=CC(=O)Nc1ccc(NC(=O)CN2CCOCC2)cc1. The van der Waals surface area contributed by atoms with Crippen molar-refractivity contribution in [2.24, 2.45) is 0 Å². The van der Waals surface area contributed by atoms with E-state index in [9.17, 15) is 9.59 Å². The molecule has 0 bridgehead atoms. The molecule has 2 rings (SSSR count). The molecule has 1 aliphatic rings. The number of nitrogens with zero attached hydrogens (tertiary/aromatic N) is 1. The molecule has 6 nitrogen and oxygen atoms in total. The van der Waals surface area contributed by atoms with Gasteiger partial charge in [-0.05, 0) is 38.1 Å². The maximum Gasteiger partial charge on any atom is 0.248 e. The first-order valence-corrected chi connectivity index (χ1v) is 7.69. The van der Waals surface area contributed by atoms with Gasteiger partial charge in [0.2, 0.25) is 11.8 Å². The highest BCUT2D eigenvalue weighted by Crippen LogP contribution is 2.14. The summed E-state index contributed by atoms with van der Waals surface area (Å²) in [6, 6.07) is 7.08. The maximum atomic E-state index is 12.0. The Morgan fingerprint density at radius 1 is 1.09 bits per heavy atom. The lowest BCUT2D eigenvalue weighted by atomic mass is 10.2. The summed E-state index contributed by atoms with van der Waals surface area (Å²) in [4.78, 5) is 25.7. The number of nitrogens with one attached hydrogen (secondary N) is 2. The molecule has 124 valence electrons. The largest absolute Gasteiger partial charge is 0.379 e. The Morgan fingerprint density at radius 2 is 1.65 bits per heavy atom. The van der Waals surface area contributed by atoms with E-state index in [-0.39, 0.29) is 11.8 Å². The first-order chi connectivity index (χ1) is 11.0. The van der Waals surface area contributed by atoms with Gasteiger partial charge in [-0.1, -0.05) is 5.57 Å². The zero-order valence-corrected chi connectivity index (χ0v) is 13.6. The molecule has 1 fully saturated rings. The fourth-order valence-electron chi connectivity index (χ4n) is 2.24. The molecule has 0 unspecified atom stereocenters. The highest BCUT2D eigenvalue weighted by molar-refractivity contribution is 6.00. The molecule has 0 saturated carbocycles. The fraction of sp³-hybridized carbons (Fsp3) is 0.412. The van der Waals surface area contributed by atoms with Crippen LogP contribution in [0.2, 0.25) is 0 Å². The lowest BCUT2D eigenvalue weighted by Gasteiger charge is -2.25. The number of rotatable bonds is 5. The topological polar surface area (TPSA) is 70.7 Å². The number of benzene rings is 1. The summed E-state index contributed by atoms with van der Waals surface area (Å²) < 4.78 is 5.26. The van der Waals surface area contributed by atoms with Crippen LogP contribution >= 0.6 is 0 Å². The molecule has 0 aliphatic carbocycles. The summed E-state index contributed by atoms with van der Waals surface area (Å²) in [6.07, 6.45) is 1.54. The number of carbonyl (C=O) groups is 2. The highest BCUT2D eigenvalue weighted by Gasteiger charge is 2.14. The summed E-state index contributed by atoms with van der Waals surface area (Å²) in [5.74, 6) is -0.206. The fourth-order valence-corrected chi connectivity index (χ4v) is 2.24. The molecule has 2 N–H and O–H groups in total. The van der Waals surface area contributed by atoms with Crippen LogP contribution in [0.4, 0.5) is 11.4 Å². The first-order valence-electron chi connectivity index (χ1n) is 7.69. The monoisotopic (exact) mass is 317 g/mol. The molecule has 23 heavy (non-hydrogen) atoms. The minimum Gasteiger partial charge on any atom is -0.379 e. The molecule has 1 heterocycles. The van der Waals surface area contributed by atoms with Crippen molar-refractivity contribution in [3.05, 3.63) is 35.9 Å². The Labute approximate surface area is 136 Å². The van der Waals surface area contributed by atoms with Crippen molar-refractivity contribution in [2.45, 2.75) is 13.8 Å². The van der Waals surface area contributed by atoms with Gasteiger partial charge >= 0.3 is 0 Å². The number of carbonyl (C=O) groups excluding carboxylic acids is 2. The van der Waals surface area contributed by atoms with Gasteiger partial charge in [0.25, 0.3) is 0 Å². The van der Waals surface area contributed by atoms with Crippen LogP contribution in [0, 0.1) is 0 Å². The number of amides is 2. The number of morpholine rings is 1. The predicted molar refractivity (Wildman–Crippen MR) is 90.4 cm³/mol. The Balaban J connectivity index is 1.83. The van der Waals surface area contributed by atoms with Gasteiger partial charge in [-0.2, -0.15) is 0 Å². The van der Waals surface area contributed by atoms with E-state index in [1.165, 1.54) is 6.08 Å². The average Bonchev–Trinajstić information content (AvgIpc) is 2.49. The quantitative estimate of drug-likeness (QED) is 0.813. The summed E-state index contributed by atoms with van der Waals surface area (Å²) in [5, 5.41) is 5.63. The van der Waals surface area contributed by atoms with Crippen LogP contribution in [0.1, 0.15) is 13.8 Å². The van der Waals surface area contributed by atoms with Crippen LogP contribution in [0.25, 0.3) is 0 Å². The predicted octanol–water partition coefficient (Wildman–Crippen LogP) is 1.86. The van der Waals surface area contributed by atoms with Crippen molar-refractivity contribution in [2.75, 3.05) is 43.5 Å². The van der Waals surface area contributed by atoms with Gasteiger partial charge in [0, 0.05) is 30.5 Å². The van der Waals surface area contributed by atoms with Gasteiger partial charge in [0.05, 0.1) is 19.8 Å². The van der Waals surface area contributed by atoms with Gasteiger partial charge in [-0.25, -0.2) is 0 Å². The molecule has 1 aromatic carbocycles. The zero-order chi connectivity index (χ0) is 16.7. The van der Waals surface area contributed by atoms with E-state index in [2.05, 4.69) is 15.5 Å². The Morgan fingerprint density at radius 3 is 2.22 bits per heavy atom. The van der Waals surface area contributed by atoms with Crippen LogP contribution in [0.15, 0.2) is 35.9 Å². The third-order valence-electron chi connectivity index (χ3n) is 3.33. The molecule has 2 amide bonds. The molecule has 0 radical (unpaired) electrons. The first kappa shape index (κ1) is 17.2. The van der Waals surface area contributed by atoms with E-state index in [1.807, 2.05) is 13.8 Å². The lowest BCUT2D eigenvalue weighted by Crippen LogP contribution is -2.41. The van der Waals surface area contributed by atoms with E-state index in [4.69, 9.17) is 4.74 Å².